The topological polar surface area (TPSA) is 95.1 Å². The molecule has 0 radical (unpaired) electrons. The summed E-state index contributed by atoms with van der Waals surface area (Å²) < 4.78 is 5.13. The maximum absolute atomic E-state index is 12.2. The largest absolute Gasteiger partial charge is 0.497 e. The number of nitrogens with zero attached hydrogens (tertiary/aromatic N) is 2. The minimum absolute atomic E-state index is 0. The molecular weight excluding hydrogens is 533 g/mol. The summed E-state index contributed by atoms with van der Waals surface area (Å²) in [7, 11) is 5.10. The first-order chi connectivity index (χ1) is 15.4. The maximum atomic E-state index is 12.2. The molecule has 0 atom stereocenters. The zero-order valence-corrected chi connectivity index (χ0v) is 22.0. The van der Waals surface area contributed by atoms with Gasteiger partial charge in [-0.15, -0.1) is 24.0 Å². The number of ether oxygens (including phenoxy) is 1. The van der Waals surface area contributed by atoms with Crippen LogP contribution in [0.1, 0.15) is 28.4 Å². The van der Waals surface area contributed by atoms with E-state index in [1.54, 1.807) is 26.1 Å². The van der Waals surface area contributed by atoms with E-state index in [0.29, 0.717) is 31.2 Å². The van der Waals surface area contributed by atoms with Crippen LogP contribution in [0.5, 0.6) is 5.75 Å². The first kappa shape index (κ1) is 28.2. The second-order valence-corrected chi connectivity index (χ2v) is 7.40. The molecule has 0 spiro atoms. The summed E-state index contributed by atoms with van der Waals surface area (Å²) in [4.78, 5) is 30.2. The molecule has 0 unspecified atom stereocenters. The van der Waals surface area contributed by atoms with Gasteiger partial charge in [-0.05, 0) is 48.7 Å². The molecule has 0 aliphatic rings. The summed E-state index contributed by atoms with van der Waals surface area (Å²) >= 11 is 0. The number of carbonyl (C=O) groups excluding carboxylic acids is 2. The van der Waals surface area contributed by atoms with Gasteiger partial charge in [-0.3, -0.25) is 9.59 Å². The van der Waals surface area contributed by atoms with Gasteiger partial charge in [0.05, 0.1) is 7.11 Å². The highest BCUT2D eigenvalue weighted by Gasteiger charge is 2.08. The number of benzene rings is 2. The van der Waals surface area contributed by atoms with Crippen molar-refractivity contribution in [3.8, 4) is 5.75 Å². The van der Waals surface area contributed by atoms with Crippen molar-refractivity contribution in [2.24, 2.45) is 4.99 Å². The lowest BCUT2D eigenvalue weighted by molar-refractivity contribution is -0.119. The number of aliphatic imine (C=N–C) groups is 1. The fourth-order valence-electron chi connectivity index (χ4n) is 2.94. The lowest BCUT2D eigenvalue weighted by Crippen LogP contribution is -2.39. The van der Waals surface area contributed by atoms with Crippen molar-refractivity contribution >= 4 is 41.8 Å². The average Bonchev–Trinajstić information content (AvgIpc) is 2.81. The number of hydrogen-bond acceptors (Lipinski definition) is 4. The third kappa shape index (κ3) is 10.1. The standard InChI is InChI=1S/C24H33N5O3.HI/c1-5-25-24(26-14-13-18-7-6-8-20(15-18)23(31)29(2)3)28-17-22(30)27-16-19-9-11-21(32-4)12-10-19;/h6-12,15H,5,13-14,16-17H2,1-4H3,(H,27,30)(H2,25,26,28);1H. The zero-order chi connectivity index (χ0) is 23.3. The van der Waals surface area contributed by atoms with Gasteiger partial charge >= 0.3 is 0 Å². The van der Waals surface area contributed by atoms with E-state index in [1.807, 2.05) is 55.5 Å². The van der Waals surface area contributed by atoms with Gasteiger partial charge in [0.25, 0.3) is 5.91 Å². The normalized spacial score (nSPS) is 10.6. The lowest BCUT2D eigenvalue weighted by Gasteiger charge is -2.13. The van der Waals surface area contributed by atoms with Crippen LogP contribution < -0.4 is 20.7 Å². The molecule has 9 heteroatoms. The van der Waals surface area contributed by atoms with Gasteiger partial charge in [0.1, 0.15) is 12.3 Å². The van der Waals surface area contributed by atoms with Gasteiger partial charge < -0.3 is 25.6 Å². The fraction of sp³-hybridized carbons (Fsp3) is 0.375. The Morgan fingerprint density at radius 1 is 1.00 bits per heavy atom. The molecule has 2 aromatic rings. The number of amides is 2. The van der Waals surface area contributed by atoms with Crippen LogP contribution in [0.25, 0.3) is 0 Å². The Balaban J connectivity index is 0.00000544. The Labute approximate surface area is 213 Å². The molecular formula is C24H34IN5O3. The van der Waals surface area contributed by atoms with E-state index in [-0.39, 0.29) is 42.3 Å². The molecule has 8 nitrogen and oxygen atoms in total. The number of halogens is 1. The van der Waals surface area contributed by atoms with Gasteiger partial charge in [-0.25, -0.2) is 4.99 Å². The molecule has 0 bridgehead atoms. The molecule has 3 N–H and O–H groups in total. The molecule has 33 heavy (non-hydrogen) atoms. The van der Waals surface area contributed by atoms with Crippen molar-refractivity contribution in [2.75, 3.05) is 40.8 Å². The lowest BCUT2D eigenvalue weighted by atomic mass is 10.1. The van der Waals surface area contributed by atoms with Gasteiger partial charge in [-0.2, -0.15) is 0 Å². The molecule has 0 aromatic heterocycles. The smallest absolute Gasteiger partial charge is 0.253 e. The fourth-order valence-corrected chi connectivity index (χ4v) is 2.94. The van der Waals surface area contributed by atoms with E-state index in [0.717, 1.165) is 23.3 Å². The molecule has 2 amide bonds. The summed E-state index contributed by atoms with van der Waals surface area (Å²) in [5.41, 5.74) is 2.71. The third-order valence-electron chi connectivity index (χ3n) is 4.66. The van der Waals surface area contributed by atoms with Crippen LogP contribution in [-0.4, -0.2) is 63.5 Å². The SMILES string of the molecule is CCNC(=NCC(=O)NCc1ccc(OC)cc1)NCCc1cccc(C(=O)N(C)C)c1.I. The first-order valence-corrected chi connectivity index (χ1v) is 10.6. The highest BCUT2D eigenvalue weighted by atomic mass is 127. The number of nitrogens with one attached hydrogen (secondary N) is 3. The summed E-state index contributed by atoms with van der Waals surface area (Å²) in [6.45, 7) is 3.74. The van der Waals surface area contributed by atoms with Crippen molar-refractivity contribution < 1.29 is 14.3 Å². The van der Waals surface area contributed by atoms with Crippen LogP contribution >= 0.6 is 24.0 Å². The van der Waals surface area contributed by atoms with E-state index in [1.165, 1.54) is 0 Å². The Bertz CT molecular complexity index is 917. The highest BCUT2D eigenvalue weighted by molar-refractivity contribution is 14.0. The molecule has 2 aromatic carbocycles. The number of carbonyl (C=O) groups is 2. The molecule has 0 heterocycles. The summed E-state index contributed by atoms with van der Waals surface area (Å²) in [6, 6.07) is 15.1. The minimum atomic E-state index is -0.159. The van der Waals surface area contributed by atoms with Crippen molar-refractivity contribution in [2.45, 2.75) is 19.9 Å². The highest BCUT2D eigenvalue weighted by Crippen LogP contribution is 2.11. The molecule has 0 aliphatic carbocycles. The van der Waals surface area contributed by atoms with Crippen molar-refractivity contribution in [1.29, 1.82) is 0 Å². The van der Waals surface area contributed by atoms with Crippen molar-refractivity contribution in [1.82, 2.24) is 20.9 Å². The average molecular weight is 567 g/mol. The van der Waals surface area contributed by atoms with Gasteiger partial charge in [0.2, 0.25) is 5.91 Å². The van der Waals surface area contributed by atoms with Crippen molar-refractivity contribution in [3.63, 3.8) is 0 Å². The summed E-state index contributed by atoms with van der Waals surface area (Å²) in [5, 5.41) is 9.23. The van der Waals surface area contributed by atoms with Crippen LogP contribution in [0.2, 0.25) is 0 Å². The van der Waals surface area contributed by atoms with Crippen LogP contribution in [0.4, 0.5) is 0 Å². The Morgan fingerprint density at radius 2 is 1.73 bits per heavy atom. The van der Waals surface area contributed by atoms with Gasteiger partial charge in [0, 0.05) is 39.3 Å². The van der Waals surface area contributed by atoms with Crippen molar-refractivity contribution in [3.05, 3.63) is 65.2 Å². The first-order valence-electron chi connectivity index (χ1n) is 10.6. The third-order valence-corrected chi connectivity index (χ3v) is 4.66. The van der Waals surface area contributed by atoms with E-state index < -0.39 is 0 Å². The van der Waals surface area contributed by atoms with E-state index in [2.05, 4.69) is 20.9 Å². The number of guanidine groups is 1. The van der Waals surface area contributed by atoms with Gasteiger partial charge in [-0.1, -0.05) is 24.3 Å². The Hall–Kier alpha value is -2.82. The van der Waals surface area contributed by atoms with E-state index >= 15 is 0 Å². The van der Waals surface area contributed by atoms with E-state index in [4.69, 9.17) is 4.74 Å². The number of rotatable bonds is 10. The maximum Gasteiger partial charge on any atom is 0.253 e. The number of methoxy groups -OCH3 is 1. The monoisotopic (exact) mass is 567 g/mol. The van der Waals surface area contributed by atoms with Crippen LogP contribution in [0.3, 0.4) is 0 Å². The molecule has 0 aliphatic heterocycles. The zero-order valence-electron chi connectivity index (χ0n) is 19.7. The van der Waals surface area contributed by atoms with Crippen LogP contribution in [0, 0.1) is 0 Å². The molecule has 180 valence electrons. The predicted molar refractivity (Wildman–Crippen MR) is 142 cm³/mol. The number of hydrogen-bond donors (Lipinski definition) is 3. The van der Waals surface area contributed by atoms with Crippen LogP contribution in [0.15, 0.2) is 53.5 Å². The Morgan fingerprint density at radius 3 is 2.36 bits per heavy atom. The van der Waals surface area contributed by atoms with Gasteiger partial charge in [0.15, 0.2) is 5.96 Å². The second kappa shape index (κ2) is 15.1. The van der Waals surface area contributed by atoms with E-state index in [9.17, 15) is 9.59 Å². The second-order valence-electron chi connectivity index (χ2n) is 7.40. The molecule has 2 rings (SSSR count). The minimum Gasteiger partial charge on any atom is -0.497 e. The quantitative estimate of drug-likeness (QED) is 0.233. The predicted octanol–water partition coefficient (Wildman–Crippen LogP) is 2.43. The van der Waals surface area contributed by atoms with Crippen LogP contribution in [-0.2, 0) is 17.8 Å². The Kier molecular flexibility index (Phi) is 12.9. The molecule has 0 fully saturated rings. The summed E-state index contributed by atoms with van der Waals surface area (Å²) in [5.74, 6) is 1.18. The molecule has 0 saturated carbocycles. The summed E-state index contributed by atoms with van der Waals surface area (Å²) in [6.07, 6.45) is 0.725. The molecule has 0 saturated heterocycles.